The van der Waals surface area contributed by atoms with Gasteiger partial charge in [0, 0.05) is 20.2 Å². The Bertz CT molecular complexity index is 535. The molecule has 21 heavy (non-hydrogen) atoms. The third-order valence-electron chi connectivity index (χ3n) is 4.48. The largest absolute Gasteiger partial charge is 0.481 e. The van der Waals surface area contributed by atoms with Crippen LogP contribution in [0.25, 0.3) is 0 Å². The highest BCUT2D eigenvalue weighted by Gasteiger charge is 2.38. The molecule has 1 amide bonds. The Hall–Kier alpha value is -1.56. The lowest BCUT2D eigenvalue weighted by atomic mass is 10.0. The summed E-state index contributed by atoms with van der Waals surface area (Å²) in [4.78, 5) is 14.6. The summed E-state index contributed by atoms with van der Waals surface area (Å²) in [6.07, 6.45) is 3.53. The summed E-state index contributed by atoms with van der Waals surface area (Å²) in [6.45, 7) is 3.47. The van der Waals surface area contributed by atoms with Gasteiger partial charge in [0.15, 0.2) is 0 Å². The highest BCUT2D eigenvalue weighted by atomic mass is 16.5. The number of nitrogens with zero attached hydrogens (tertiary/aromatic N) is 3. The number of aryl methyl sites for hydroxylation is 2. The minimum Gasteiger partial charge on any atom is -0.481 e. The topological polar surface area (TPSA) is 56.6 Å². The van der Waals surface area contributed by atoms with Crippen LogP contribution in [-0.2, 0) is 16.6 Å². The Morgan fingerprint density at radius 1 is 1.38 bits per heavy atom. The summed E-state index contributed by atoms with van der Waals surface area (Å²) in [5.41, 5.74) is 1.98. The van der Waals surface area contributed by atoms with Crippen molar-refractivity contribution in [3.63, 3.8) is 0 Å². The van der Waals surface area contributed by atoms with Crippen molar-refractivity contribution < 1.29 is 14.3 Å². The van der Waals surface area contributed by atoms with Gasteiger partial charge in [-0.25, -0.2) is 4.68 Å². The van der Waals surface area contributed by atoms with Crippen LogP contribution in [-0.4, -0.2) is 47.0 Å². The Balaban J connectivity index is 1.88. The second-order valence-electron chi connectivity index (χ2n) is 5.82. The summed E-state index contributed by atoms with van der Waals surface area (Å²) in [5.74, 6) is 0.879. The van der Waals surface area contributed by atoms with E-state index in [2.05, 4.69) is 5.10 Å². The van der Waals surface area contributed by atoms with Crippen LogP contribution in [0.4, 0.5) is 0 Å². The van der Waals surface area contributed by atoms with Crippen molar-refractivity contribution in [3.8, 4) is 5.88 Å². The molecular formula is C15H23N3O3. The van der Waals surface area contributed by atoms with E-state index in [1.807, 2.05) is 18.9 Å². The lowest BCUT2D eigenvalue weighted by molar-refractivity contribution is -0.141. The van der Waals surface area contributed by atoms with E-state index < -0.39 is 0 Å². The third kappa shape index (κ3) is 2.41. The van der Waals surface area contributed by atoms with Gasteiger partial charge in [-0.05, 0) is 32.6 Å². The van der Waals surface area contributed by atoms with Gasteiger partial charge in [-0.1, -0.05) is 0 Å². The molecule has 116 valence electrons. The molecule has 2 saturated heterocycles. The number of hydrogen-bond acceptors (Lipinski definition) is 4. The lowest BCUT2D eigenvalue weighted by Crippen LogP contribution is -2.38. The molecule has 0 N–H and O–H groups in total. The SMILES string of the molecule is COc1c([C@H]2CCCN2C(=O)[C@H]2CCCO2)c(C)nn1C. The molecule has 0 radical (unpaired) electrons. The van der Waals surface area contributed by atoms with E-state index in [1.165, 1.54) is 0 Å². The van der Waals surface area contributed by atoms with E-state index in [0.29, 0.717) is 6.61 Å². The van der Waals surface area contributed by atoms with Crippen molar-refractivity contribution >= 4 is 5.91 Å². The molecule has 6 heteroatoms. The normalized spacial score (nSPS) is 25.6. The highest BCUT2D eigenvalue weighted by molar-refractivity contribution is 5.82. The maximum absolute atomic E-state index is 12.7. The van der Waals surface area contributed by atoms with Crippen molar-refractivity contribution in [3.05, 3.63) is 11.3 Å². The molecule has 1 aromatic heterocycles. The predicted molar refractivity (Wildman–Crippen MR) is 77.2 cm³/mol. The van der Waals surface area contributed by atoms with Gasteiger partial charge in [0.05, 0.1) is 24.4 Å². The van der Waals surface area contributed by atoms with Gasteiger partial charge in [0.1, 0.15) is 6.10 Å². The number of rotatable bonds is 3. The molecule has 0 unspecified atom stereocenters. The molecule has 0 aromatic carbocycles. The second kappa shape index (κ2) is 5.67. The zero-order valence-electron chi connectivity index (χ0n) is 13.0. The Kier molecular flexibility index (Phi) is 3.89. The van der Waals surface area contributed by atoms with Gasteiger partial charge in [-0.3, -0.25) is 4.79 Å². The standard InChI is InChI=1S/C15H23N3O3/c1-10-13(15(20-3)17(2)16-10)11-6-4-8-18(11)14(19)12-7-5-9-21-12/h11-12H,4-9H2,1-3H3/t11-,12-/m1/s1. The molecule has 2 atom stereocenters. The van der Waals surface area contributed by atoms with Crippen molar-refractivity contribution in [1.82, 2.24) is 14.7 Å². The van der Waals surface area contributed by atoms with Crippen molar-refractivity contribution in [2.45, 2.75) is 44.8 Å². The van der Waals surface area contributed by atoms with E-state index in [0.717, 1.165) is 49.4 Å². The Morgan fingerprint density at radius 2 is 2.19 bits per heavy atom. The minimum absolute atomic E-state index is 0.0605. The van der Waals surface area contributed by atoms with E-state index in [-0.39, 0.29) is 18.1 Å². The van der Waals surface area contributed by atoms with Crippen LogP contribution in [0, 0.1) is 6.92 Å². The van der Waals surface area contributed by atoms with Crippen LogP contribution in [0.1, 0.15) is 43.0 Å². The summed E-state index contributed by atoms with van der Waals surface area (Å²) >= 11 is 0. The van der Waals surface area contributed by atoms with E-state index >= 15 is 0 Å². The minimum atomic E-state index is -0.256. The first-order chi connectivity index (χ1) is 10.1. The predicted octanol–water partition coefficient (Wildman–Crippen LogP) is 1.58. The number of amides is 1. The zero-order valence-corrected chi connectivity index (χ0v) is 13.0. The maximum Gasteiger partial charge on any atom is 0.252 e. The molecule has 2 aliphatic heterocycles. The Morgan fingerprint density at radius 3 is 2.86 bits per heavy atom. The molecular weight excluding hydrogens is 270 g/mol. The molecule has 0 saturated carbocycles. The fourth-order valence-corrected chi connectivity index (χ4v) is 3.57. The van der Waals surface area contributed by atoms with E-state index in [4.69, 9.17) is 9.47 Å². The first-order valence-electron chi connectivity index (χ1n) is 7.63. The summed E-state index contributed by atoms with van der Waals surface area (Å²) in [5, 5.41) is 4.44. The second-order valence-corrected chi connectivity index (χ2v) is 5.82. The van der Waals surface area contributed by atoms with Crippen LogP contribution in [0.3, 0.4) is 0 Å². The number of methoxy groups -OCH3 is 1. The molecule has 0 aliphatic carbocycles. The van der Waals surface area contributed by atoms with E-state index in [9.17, 15) is 4.79 Å². The molecule has 1 aromatic rings. The molecule has 0 bridgehead atoms. The number of aromatic nitrogens is 2. The number of hydrogen-bond donors (Lipinski definition) is 0. The molecule has 6 nitrogen and oxygen atoms in total. The van der Waals surface area contributed by atoms with Gasteiger partial charge in [0.25, 0.3) is 5.91 Å². The maximum atomic E-state index is 12.7. The average molecular weight is 293 g/mol. The van der Waals surface area contributed by atoms with Crippen molar-refractivity contribution in [2.24, 2.45) is 7.05 Å². The quantitative estimate of drug-likeness (QED) is 0.849. The summed E-state index contributed by atoms with van der Waals surface area (Å²) < 4.78 is 12.8. The Labute approximate surface area is 125 Å². The van der Waals surface area contributed by atoms with Gasteiger partial charge in [0.2, 0.25) is 5.88 Å². The molecule has 2 aliphatic rings. The van der Waals surface area contributed by atoms with Crippen molar-refractivity contribution in [1.29, 1.82) is 0 Å². The first kappa shape index (κ1) is 14.4. The monoisotopic (exact) mass is 293 g/mol. The highest BCUT2D eigenvalue weighted by Crippen LogP contribution is 2.39. The first-order valence-corrected chi connectivity index (χ1v) is 7.63. The average Bonchev–Trinajstić information content (AvgIpc) is 3.16. The number of carbonyl (C=O) groups excluding carboxylic acids is 1. The van der Waals surface area contributed by atoms with Gasteiger partial charge < -0.3 is 14.4 Å². The zero-order chi connectivity index (χ0) is 15.0. The number of ether oxygens (including phenoxy) is 2. The third-order valence-corrected chi connectivity index (χ3v) is 4.48. The van der Waals surface area contributed by atoms with Crippen LogP contribution in [0.2, 0.25) is 0 Å². The van der Waals surface area contributed by atoms with Crippen LogP contribution in [0.5, 0.6) is 5.88 Å². The van der Waals surface area contributed by atoms with Crippen LogP contribution in [0.15, 0.2) is 0 Å². The molecule has 3 heterocycles. The van der Waals surface area contributed by atoms with Crippen molar-refractivity contribution in [2.75, 3.05) is 20.3 Å². The number of carbonyl (C=O) groups is 1. The molecule has 2 fully saturated rings. The van der Waals surface area contributed by atoms with Crippen LogP contribution >= 0.6 is 0 Å². The summed E-state index contributed by atoms with van der Waals surface area (Å²) in [7, 11) is 3.53. The lowest BCUT2D eigenvalue weighted by Gasteiger charge is -2.27. The van der Waals surface area contributed by atoms with E-state index in [1.54, 1.807) is 11.8 Å². The van der Waals surface area contributed by atoms with Gasteiger partial charge in [-0.15, -0.1) is 0 Å². The fraction of sp³-hybridized carbons (Fsp3) is 0.733. The molecule has 0 spiro atoms. The van der Waals surface area contributed by atoms with Crippen LogP contribution < -0.4 is 4.74 Å². The smallest absolute Gasteiger partial charge is 0.252 e. The van der Waals surface area contributed by atoms with Gasteiger partial charge in [-0.2, -0.15) is 5.10 Å². The number of likely N-dealkylation sites (tertiary alicyclic amines) is 1. The molecule has 3 rings (SSSR count). The summed E-state index contributed by atoms with van der Waals surface area (Å²) in [6, 6.07) is 0.0605. The fourth-order valence-electron chi connectivity index (χ4n) is 3.57. The van der Waals surface area contributed by atoms with Gasteiger partial charge >= 0.3 is 0 Å².